The fraction of sp³-hybridized carbons (Fsp3) is 0.467. The Balaban J connectivity index is 2.67. The Bertz CT molecular complexity index is 444. The zero-order chi connectivity index (χ0) is 15.1. The third kappa shape index (κ3) is 4.35. The highest BCUT2D eigenvalue weighted by atomic mass is 16.5. The SMILES string of the molecule is COC(C(=O)NCC(C(=O)O)C(C)C)c1ccccc1. The molecule has 110 valence electrons. The molecule has 0 aliphatic rings. The third-order valence-electron chi connectivity index (χ3n) is 3.19. The van der Waals surface area contributed by atoms with Gasteiger partial charge in [-0.25, -0.2) is 0 Å². The molecule has 0 aliphatic heterocycles. The Kier molecular flexibility index (Phi) is 6.18. The van der Waals surface area contributed by atoms with Crippen molar-refractivity contribution < 1.29 is 19.4 Å². The lowest BCUT2D eigenvalue weighted by Gasteiger charge is -2.20. The van der Waals surface area contributed by atoms with E-state index in [1.54, 1.807) is 12.1 Å². The van der Waals surface area contributed by atoms with E-state index in [0.717, 1.165) is 5.56 Å². The Morgan fingerprint density at radius 2 is 1.85 bits per heavy atom. The maximum atomic E-state index is 12.1. The zero-order valence-corrected chi connectivity index (χ0v) is 12.0. The molecular formula is C15H21NO4. The number of carboxylic acids is 1. The highest BCUT2D eigenvalue weighted by Gasteiger charge is 2.25. The topological polar surface area (TPSA) is 75.6 Å². The Morgan fingerprint density at radius 3 is 2.30 bits per heavy atom. The molecule has 0 aliphatic carbocycles. The Hall–Kier alpha value is -1.88. The molecule has 1 rings (SSSR count). The van der Waals surface area contributed by atoms with Crippen LogP contribution in [0.3, 0.4) is 0 Å². The van der Waals surface area contributed by atoms with Crippen LogP contribution in [0.1, 0.15) is 25.5 Å². The van der Waals surface area contributed by atoms with Crippen LogP contribution >= 0.6 is 0 Å². The number of hydrogen-bond donors (Lipinski definition) is 2. The van der Waals surface area contributed by atoms with Crippen molar-refractivity contribution in [2.45, 2.75) is 20.0 Å². The van der Waals surface area contributed by atoms with Crippen molar-refractivity contribution in [2.24, 2.45) is 11.8 Å². The highest BCUT2D eigenvalue weighted by molar-refractivity contribution is 5.82. The number of carbonyl (C=O) groups is 2. The number of benzene rings is 1. The first kappa shape index (κ1) is 16.2. The van der Waals surface area contributed by atoms with Gasteiger partial charge < -0.3 is 15.2 Å². The molecule has 2 N–H and O–H groups in total. The van der Waals surface area contributed by atoms with Crippen LogP contribution in [0.15, 0.2) is 30.3 Å². The summed E-state index contributed by atoms with van der Waals surface area (Å²) < 4.78 is 5.19. The highest BCUT2D eigenvalue weighted by Crippen LogP contribution is 2.17. The molecular weight excluding hydrogens is 258 g/mol. The second-order valence-corrected chi connectivity index (χ2v) is 4.96. The summed E-state index contributed by atoms with van der Waals surface area (Å²) in [4.78, 5) is 23.2. The van der Waals surface area contributed by atoms with Gasteiger partial charge in [-0.2, -0.15) is 0 Å². The predicted octanol–water partition coefficient (Wildman–Crippen LogP) is 1.85. The summed E-state index contributed by atoms with van der Waals surface area (Å²) >= 11 is 0. The summed E-state index contributed by atoms with van der Waals surface area (Å²) in [6.45, 7) is 3.73. The molecule has 0 saturated heterocycles. The molecule has 5 heteroatoms. The second-order valence-electron chi connectivity index (χ2n) is 4.96. The van der Waals surface area contributed by atoms with Crippen LogP contribution in [0.2, 0.25) is 0 Å². The summed E-state index contributed by atoms with van der Waals surface area (Å²) in [6, 6.07) is 9.09. The molecule has 0 spiro atoms. The van der Waals surface area contributed by atoms with Gasteiger partial charge in [0.1, 0.15) is 0 Å². The molecule has 2 atom stereocenters. The first-order chi connectivity index (χ1) is 9.47. The molecule has 1 amide bonds. The lowest BCUT2D eigenvalue weighted by Crippen LogP contribution is -2.38. The van der Waals surface area contributed by atoms with E-state index >= 15 is 0 Å². The van der Waals surface area contributed by atoms with Gasteiger partial charge in [0.15, 0.2) is 6.10 Å². The second kappa shape index (κ2) is 7.65. The smallest absolute Gasteiger partial charge is 0.308 e. The minimum atomic E-state index is -0.908. The number of aliphatic carboxylic acids is 1. The number of ether oxygens (including phenoxy) is 1. The quantitative estimate of drug-likeness (QED) is 0.798. The minimum absolute atomic E-state index is 0.0504. The summed E-state index contributed by atoms with van der Waals surface area (Å²) in [5.74, 6) is -1.89. The normalized spacial score (nSPS) is 13.8. The molecule has 20 heavy (non-hydrogen) atoms. The van der Waals surface area contributed by atoms with Gasteiger partial charge >= 0.3 is 5.97 Å². The maximum Gasteiger partial charge on any atom is 0.308 e. The van der Waals surface area contributed by atoms with Crippen LogP contribution < -0.4 is 5.32 Å². The van der Waals surface area contributed by atoms with Crippen molar-refractivity contribution in [1.29, 1.82) is 0 Å². The van der Waals surface area contributed by atoms with Gasteiger partial charge in [0.2, 0.25) is 0 Å². The van der Waals surface area contributed by atoms with Crippen molar-refractivity contribution in [3.63, 3.8) is 0 Å². The van der Waals surface area contributed by atoms with E-state index in [4.69, 9.17) is 9.84 Å². The van der Waals surface area contributed by atoms with E-state index in [9.17, 15) is 9.59 Å². The lowest BCUT2D eigenvalue weighted by atomic mass is 9.96. The van der Waals surface area contributed by atoms with E-state index in [2.05, 4.69) is 5.32 Å². The van der Waals surface area contributed by atoms with Crippen LogP contribution in [-0.2, 0) is 14.3 Å². The summed E-state index contributed by atoms with van der Waals surface area (Å²) in [6.07, 6.45) is -0.724. The van der Waals surface area contributed by atoms with Crippen molar-refractivity contribution in [3.05, 3.63) is 35.9 Å². The maximum absolute atomic E-state index is 12.1. The Labute approximate surface area is 118 Å². The van der Waals surface area contributed by atoms with Gasteiger partial charge in [0.25, 0.3) is 5.91 Å². The number of amides is 1. The molecule has 0 radical (unpaired) electrons. The van der Waals surface area contributed by atoms with Crippen molar-refractivity contribution >= 4 is 11.9 Å². The van der Waals surface area contributed by atoms with Crippen molar-refractivity contribution in [3.8, 4) is 0 Å². The monoisotopic (exact) mass is 279 g/mol. The fourth-order valence-corrected chi connectivity index (χ4v) is 1.93. The van der Waals surface area contributed by atoms with E-state index in [1.165, 1.54) is 7.11 Å². The number of nitrogens with one attached hydrogen (secondary N) is 1. The van der Waals surface area contributed by atoms with Crippen LogP contribution in [-0.4, -0.2) is 30.6 Å². The van der Waals surface area contributed by atoms with Gasteiger partial charge in [0.05, 0.1) is 5.92 Å². The summed E-state index contributed by atoms with van der Waals surface area (Å²) in [5.41, 5.74) is 0.740. The molecule has 0 saturated carbocycles. The van der Waals surface area contributed by atoms with E-state index in [-0.39, 0.29) is 18.4 Å². The standard InChI is InChI=1S/C15H21NO4/c1-10(2)12(15(18)19)9-16-14(17)13(20-3)11-7-5-4-6-8-11/h4-8,10,12-13H,9H2,1-3H3,(H,16,17)(H,18,19). The molecule has 0 bridgehead atoms. The molecule has 2 unspecified atom stereocenters. The van der Waals surface area contributed by atoms with Crippen LogP contribution in [0, 0.1) is 11.8 Å². The first-order valence-corrected chi connectivity index (χ1v) is 6.55. The molecule has 5 nitrogen and oxygen atoms in total. The predicted molar refractivity (Wildman–Crippen MR) is 75.2 cm³/mol. The van der Waals surface area contributed by atoms with Crippen LogP contribution in [0.25, 0.3) is 0 Å². The number of methoxy groups -OCH3 is 1. The van der Waals surface area contributed by atoms with Gasteiger partial charge in [-0.1, -0.05) is 44.2 Å². The van der Waals surface area contributed by atoms with Gasteiger partial charge in [-0.05, 0) is 11.5 Å². The zero-order valence-electron chi connectivity index (χ0n) is 12.0. The Morgan fingerprint density at radius 1 is 1.25 bits per heavy atom. The number of carbonyl (C=O) groups excluding carboxylic acids is 1. The largest absolute Gasteiger partial charge is 0.481 e. The average molecular weight is 279 g/mol. The van der Waals surface area contributed by atoms with E-state index in [0.29, 0.717) is 0 Å². The molecule has 0 fully saturated rings. The average Bonchev–Trinajstić information content (AvgIpc) is 2.40. The molecule has 0 aromatic heterocycles. The van der Waals surface area contributed by atoms with Crippen LogP contribution in [0.4, 0.5) is 0 Å². The number of hydrogen-bond acceptors (Lipinski definition) is 3. The van der Waals surface area contributed by atoms with E-state index in [1.807, 2.05) is 32.0 Å². The molecule has 1 aromatic carbocycles. The van der Waals surface area contributed by atoms with Crippen LogP contribution in [0.5, 0.6) is 0 Å². The molecule has 1 aromatic rings. The first-order valence-electron chi connectivity index (χ1n) is 6.55. The third-order valence-corrected chi connectivity index (χ3v) is 3.19. The van der Waals surface area contributed by atoms with Crippen molar-refractivity contribution in [1.82, 2.24) is 5.32 Å². The van der Waals surface area contributed by atoms with Crippen molar-refractivity contribution in [2.75, 3.05) is 13.7 Å². The fourth-order valence-electron chi connectivity index (χ4n) is 1.93. The lowest BCUT2D eigenvalue weighted by molar-refractivity contribution is -0.143. The minimum Gasteiger partial charge on any atom is -0.481 e. The summed E-state index contributed by atoms with van der Waals surface area (Å²) in [5, 5.41) is 11.7. The van der Waals surface area contributed by atoms with Gasteiger partial charge in [-0.15, -0.1) is 0 Å². The number of rotatable bonds is 7. The molecule has 0 heterocycles. The summed E-state index contributed by atoms with van der Waals surface area (Å²) in [7, 11) is 1.45. The number of carboxylic acid groups (broad SMARTS) is 1. The van der Waals surface area contributed by atoms with Gasteiger partial charge in [-0.3, -0.25) is 9.59 Å². The van der Waals surface area contributed by atoms with E-state index < -0.39 is 18.0 Å². The van der Waals surface area contributed by atoms with Gasteiger partial charge in [0, 0.05) is 13.7 Å².